The van der Waals surface area contributed by atoms with E-state index in [1.54, 1.807) is 12.3 Å². The third-order valence-corrected chi connectivity index (χ3v) is 2.42. The number of hydrogen-bond donors (Lipinski definition) is 1. The van der Waals surface area contributed by atoms with Crippen LogP contribution >= 0.6 is 0 Å². The highest BCUT2D eigenvalue weighted by Crippen LogP contribution is 2.23. The zero-order chi connectivity index (χ0) is 14.8. The van der Waals surface area contributed by atoms with E-state index >= 15 is 0 Å². The first-order valence-electron chi connectivity index (χ1n) is 5.76. The van der Waals surface area contributed by atoms with Crippen LogP contribution in [0.5, 0.6) is 11.8 Å². The van der Waals surface area contributed by atoms with Crippen LogP contribution in [0.3, 0.4) is 0 Å². The van der Waals surface area contributed by atoms with Gasteiger partial charge in [-0.05, 0) is 18.2 Å². The van der Waals surface area contributed by atoms with Crippen molar-refractivity contribution in [3.8, 4) is 17.7 Å². The lowest BCUT2D eigenvalue weighted by atomic mass is 10.3. The molecule has 106 valence electrons. The van der Waals surface area contributed by atoms with E-state index in [-0.39, 0.29) is 23.7 Å². The van der Waals surface area contributed by atoms with Crippen molar-refractivity contribution in [2.45, 2.75) is 0 Å². The molecule has 0 aliphatic carbocycles. The summed E-state index contributed by atoms with van der Waals surface area (Å²) in [6.07, 6.45) is 3.11. The lowest BCUT2D eigenvalue weighted by Crippen LogP contribution is -2.08. The summed E-state index contributed by atoms with van der Waals surface area (Å²) in [7, 11) is 0. The van der Waals surface area contributed by atoms with E-state index in [0.717, 1.165) is 18.2 Å². The van der Waals surface area contributed by atoms with Crippen molar-refractivity contribution in [3.05, 3.63) is 48.3 Å². The molecule has 2 heterocycles. The molecule has 0 amide bonds. The summed E-state index contributed by atoms with van der Waals surface area (Å²) in [5.74, 6) is -1.80. The molecular weight excluding hydrogens is 282 g/mol. The van der Waals surface area contributed by atoms with Gasteiger partial charge in [-0.3, -0.25) is 0 Å². The van der Waals surface area contributed by atoms with Gasteiger partial charge in [-0.1, -0.05) is 0 Å². The molecular formula is C12H8F2N6O. The molecule has 0 spiro atoms. The van der Waals surface area contributed by atoms with E-state index in [1.807, 2.05) is 0 Å². The number of nitrogen functional groups attached to an aromatic ring is 1. The summed E-state index contributed by atoms with van der Waals surface area (Å²) in [4.78, 5) is 11.5. The van der Waals surface area contributed by atoms with Gasteiger partial charge in [-0.2, -0.15) is 20.1 Å². The van der Waals surface area contributed by atoms with E-state index in [2.05, 4.69) is 20.1 Å². The summed E-state index contributed by atoms with van der Waals surface area (Å²) in [6, 6.07) is 4.18. The third kappa shape index (κ3) is 2.76. The molecule has 0 aliphatic rings. The second kappa shape index (κ2) is 5.12. The summed E-state index contributed by atoms with van der Waals surface area (Å²) >= 11 is 0. The second-order valence-corrected chi connectivity index (χ2v) is 3.90. The molecule has 0 aliphatic heterocycles. The molecule has 0 fully saturated rings. The Kier molecular flexibility index (Phi) is 3.14. The van der Waals surface area contributed by atoms with Crippen LogP contribution in [0.1, 0.15) is 0 Å². The molecule has 0 saturated carbocycles. The maximum atomic E-state index is 13.5. The summed E-state index contributed by atoms with van der Waals surface area (Å²) in [5, 5.41) is 3.93. The molecule has 21 heavy (non-hydrogen) atoms. The highest BCUT2D eigenvalue weighted by molar-refractivity contribution is 5.30. The minimum absolute atomic E-state index is 0.0966. The maximum Gasteiger partial charge on any atom is 0.328 e. The number of hydrogen-bond acceptors (Lipinski definition) is 6. The number of anilines is 1. The van der Waals surface area contributed by atoms with Crippen LogP contribution in [0.25, 0.3) is 5.95 Å². The number of nitrogens with two attached hydrogens (primary N) is 1. The average molecular weight is 290 g/mol. The molecule has 0 atom stereocenters. The van der Waals surface area contributed by atoms with E-state index in [0.29, 0.717) is 0 Å². The van der Waals surface area contributed by atoms with Crippen molar-refractivity contribution in [1.29, 1.82) is 0 Å². The molecule has 0 radical (unpaired) electrons. The first-order chi connectivity index (χ1) is 10.1. The molecule has 0 unspecified atom stereocenters. The van der Waals surface area contributed by atoms with Crippen LogP contribution in [-0.2, 0) is 0 Å². The normalized spacial score (nSPS) is 10.6. The van der Waals surface area contributed by atoms with Crippen molar-refractivity contribution in [2.75, 3.05) is 5.73 Å². The molecule has 9 heteroatoms. The van der Waals surface area contributed by atoms with Gasteiger partial charge in [0, 0.05) is 18.5 Å². The highest BCUT2D eigenvalue weighted by atomic mass is 19.1. The van der Waals surface area contributed by atoms with Crippen LogP contribution < -0.4 is 10.5 Å². The van der Waals surface area contributed by atoms with Gasteiger partial charge in [0.15, 0.2) is 11.6 Å². The Bertz CT molecular complexity index is 777. The van der Waals surface area contributed by atoms with Gasteiger partial charge < -0.3 is 10.5 Å². The van der Waals surface area contributed by atoms with Crippen molar-refractivity contribution in [2.24, 2.45) is 0 Å². The Balaban J connectivity index is 1.97. The fraction of sp³-hybridized carbons (Fsp3) is 0. The van der Waals surface area contributed by atoms with Gasteiger partial charge >= 0.3 is 6.01 Å². The smallest absolute Gasteiger partial charge is 0.328 e. The Morgan fingerprint density at radius 1 is 1.14 bits per heavy atom. The predicted molar refractivity (Wildman–Crippen MR) is 67.8 cm³/mol. The largest absolute Gasteiger partial charge is 0.421 e. The monoisotopic (exact) mass is 290 g/mol. The van der Waals surface area contributed by atoms with E-state index < -0.39 is 11.6 Å². The lowest BCUT2D eigenvalue weighted by Gasteiger charge is -2.07. The topological polar surface area (TPSA) is 91.7 Å². The number of nitrogens with zero attached hydrogens (tertiary/aromatic N) is 5. The minimum Gasteiger partial charge on any atom is -0.421 e. The van der Waals surface area contributed by atoms with Gasteiger partial charge in [0.1, 0.15) is 5.82 Å². The zero-order valence-electron chi connectivity index (χ0n) is 10.4. The summed E-state index contributed by atoms with van der Waals surface area (Å²) in [6.45, 7) is 0. The average Bonchev–Trinajstić information content (AvgIpc) is 2.96. The molecule has 3 rings (SSSR count). The molecule has 1 aromatic carbocycles. The Morgan fingerprint density at radius 2 is 2.00 bits per heavy atom. The standard InChI is InChI=1S/C12H8F2N6O/c13-7-2-3-8(14)9(6-7)21-12-18-10(15)17-11(19-12)20-5-1-4-16-20/h1-6H,(H2,15,17,18,19). The predicted octanol–water partition coefficient (Wildman–Crippen LogP) is 1.71. The number of rotatable bonds is 3. The van der Waals surface area contributed by atoms with E-state index in [1.165, 1.54) is 10.9 Å². The fourth-order valence-corrected chi connectivity index (χ4v) is 1.55. The van der Waals surface area contributed by atoms with Crippen molar-refractivity contribution >= 4 is 5.95 Å². The lowest BCUT2D eigenvalue weighted by molar-refractivity contribution is 0.404. The molecule has 3 aromatic rings. The number of halogens is 2. The summed E-state index contributed by atoms with van der Waals surface area (Å²) < 4.78 is 33.0. The van der Waals surface area contributed by atoms with Gasteiger partial charge in [0.05, 0.1) is 0 Å². The molecule has 7 nitrogen and oxygen atoms in total. The van der Waals surface area contributed by atoms with Crippen LogP contribution in [0.4, 0.5) is 14.7 Å². The van der Waals surface area contributed by atoms with Crippen LogP contribution in [0, 0.1) is 11.6 Å². The van der Waals surface area contributed by atoms with Crippen LogP contribution in [0.15, 0.2) is 36.7 Å². The Morgan fingerprint density at radius 3 is 2.76 bits per heavy atom. The third-order valence-electron chi connectivity index (χ3n) is 2.42. The Hall–Kier alpha value is -3.10. The van der Waals surface area contributed by atoms with Gasteiger partial charge in [-0.25, -0.2) is 13.5 Å². The molecule has 2 aromatic heterocycles. The zero-order valence-corrected chi connectivity index (χ0v) is 10.4. The quantitative estimate of drug-likeness (QED) is 0.789. The number of aromatic nitrogens is 5. The molecule has 0 bridgehead atoms. The number of benzene rings is 1. The molecule has 0 saturated heterocycles. The van der Waals surface area contributed by atoms with E-state index in [9.17, 15) is 8.78 Å². The Labute approximate surface area is 117 Å². The number of ether oxygens (including phenoxy) is 1. The molecule has 2 N–H and O–H groups in total. The van der Waals surface area contributed by atoms with E-state index in [4.69, 9.17) is 10.5 Å². The van der Waals surface area contributed by atoms with Gasteiger partial charge in [0.2, 0.25) is 5.95 Å². The van der Waals surface area contributed by atoms with Crippen molar-refractivity contribution in [1.82, 2.24) is 24.7 Å². The van der Waals surface area contributed by atoms with Gasteiger partial charge in [-0.15, -0.1) is 0 Å². The second-order valence-electron chi connectivity index (χ2n) is 3.90. The highest BCUT2D eigenvalue weighted by Gasteiger charge is 2.12. The van der Waals surface area contributed by atoms with Crippen LogP contribution in [0.2, 0.25) is 0 Å². The van der Waals surface area contributed by atoms with Crippen molar-refractivity contribution in [3.63, 3.8) is 0 Å². The summed E-state index contributed by atoms with van der Waals surface area (Å²) in [5.41, 5.74) is 5.54. The SMILES string of the molecule is Nc1nc(Oc2cc(F)ccc2F)nc(-n2cccn2)n1. The van der Waals surface area contributed by atoms with Gasteiger partial charge in [0.25, 0.3) is 5.95 Å². The first kappa shape index (κ1) is 12.9. The minimum atomic E-state index is -0.754. The first-order valence-corrected chi connectivity index (χ1v) is 5.76. The van der Waals surface area contributed by atoms with Crippen molar-refractivity contribution < 1.29 is 13.5 Å². The fourth-order valence-electron chi connectivity index (χ4n) is 1.55. The van der Waals surface area contributed by atoms with Crippen LogP contribution in [-0.4, -0.2) is 24.7 Å². The maximum absolute atomic E-state index is 13.5.